The summed E-state index contributed by atoms with van der Waals surface area (Å²) in [4.78, 5) is 22.2. The van der Waals surface area contributed by atoms with Gasteiger partial charge in [0, 0.05) is 11.6 Å². The van der Waals surface area contributed by atoms with Gasteiger partial charge in [-0.05, 0) is 18.2 Å². The maximum Gasteiger partial charge on any atom is 0.310 e. The summed E-state index contributed by atoms with van der Waals surface area (Å²) in [6, 6.07) is 9.08. The summed E-state index contributed by atoms with van der Waals surface area (Å²) in [7, 11) is 4.46. The monoisotopic (exact) mass is 389 g/mol. The highest BCUT2D eigenvalue weighted by Gasteiger charge is 2.15. The molecule has 0 aliphatic rings. The highest BCUT2D eigenvalue weighted by atomic mass is 16.6. The van der Waals surface area contributed by atoms with Crippen LogP contribution in [0.15, 0.2) is 41.5 Å². The van der Waals surface area contributed by atoms with Crippen LogP contribution in [0, 0.1) is 10.1 Å². The van der Waals surface area contributed by atoms with Gasteiger partial charge in [0.05, 0.1) is 32.5 Å². The molecule has 148 valence electrons. The second-order valence-corrected chi connectivity index (χ2v) is 5.27. The van der Waals surface area contributed by atoms with Crippen LogP contribution in [0.2, 0.25) is 0 Å². The minimum absolute atomic E-state index is 0.00347. The third kappa shape index (κ3) is 5.10. The Morgan fingerprint density at radius 1 is 1.11 bits per heavy atom. The number of nitrogens with one attached hydrogen (secondary N) is 1. The molecule has 0 aliphatic heterocycles. The van der Waals surface area contributed by atoms with E-state index in [1.807, 2.05) is 0 Å². The number of para-hydroxylation sites is 2. The number of rotatable bonds is 9. The first-order valence-electron chi connectivity index (χ1n) is 7.98. The van der Waals surface area contributed by atoms with E-state index in [9.17, 15) is 14.9 Å². The van der Waals surface area contributed by atoms with Gasteiger partial charge in [-0.1, -0.05) is 12.1 Å². The van der Waals surface area contributed by atoms with Crippen LogP contribution >= 0.6 is 0 Å². The van der Waals surface area contributed by atoms with Gasteiger partial charge >= 0.3 is 5.69 Å². The molecule has 10 heteroatoms. The van der Waals surface area contributed by atoms with Crippen LogP contribution in [-0.4, -0.2) is 45.0 Å². The molecule has 0 unspecified atom stereocenters. The van der Waals surface area contributed by atoms with Crippen LogP contribution in [0.1, 0.15) is 5.56 Å². The minimum Gasteiger partial charge on any atom is -0.493 e. The number of hydrogen-bond donors (Lipinski definition) is 1. The highest BCUT2D eigenvalue weighted by molar-refractivity contribution is 5.84. The lowest BCUT2D eigenvalue weighted by Crippen LogP contribution is -2.24. The molecule has 0 bridgehead atoms. The van der Waals surface area contributed by atoms with Gasteiger partial charge in [0.25, 0.3) is 5.91 Å². The summed E-state index contributed by atoms with van der Waals surface area (Å²) in [5.41, 5.74) is 2.64. The summed E-state index contributed by atoms with van der Waals surface area (Å²) in [5, 5.41) is 14.7. The molecule has 2 aromatic rings. The van der Waals surface area contributed by atoms with Crippen molar-refractivity contribution in [2.75, 3.05) is 27.9 Å². The number of methoxy groups -OCH3 is 3. The van der Waals surface area contributed by atoms with Crippen LogP contribution in [0.4, 0.5) is 5.69 Å². The summed E-state index contributed by atoms with van der Waals surface area (Å²) in [6.45, 7) is -0.433. The molecular weight excluding hydrogens is 370 g/mol. The van der Waals surface area contributed by atoms with Gasteiger partial charge < -0.3 is 18.9 Å². The molecule has 0 spiro atoms. The first-order chi connectivity index (χ1) is 13.5. The molecular formula is C18H19N3O7. The summed E-state index contributed by atoms with van der Waals surface area (Å²) < 4.78 is 20.9. The molecule has 0 saturated heterocycles. The van der Waals surface area contributed by atoms with Crippen molar-refractivity contribution >= 4 is 17.8 Å². The first-order valence-corrected chi connectivity index (χ1v) is 7.98. The highest BCUT2D eigenvalue weighted by Crippen LogP contribution is 2.37. The Bertz CT molecular complexity index is 858. The van der Waals surface area contributed by atoms with Crippen LogP contribution in [-0.2, 0) is 4.79 Å². The number of carbonyl (C=O) groups excluding carboxylic acids is 1. The lowest BCUT2D eigenvalue weighted by atomic mass is 10.2. The fourth-order valence-corrected chi connectivity index (χ4v) is 2.26. The lowest BCUT2D eigenvalue weighted by Gasteiger charge is -2.12. The molecule has 0 aliphatic carbocycles. The van der Waals surface area contributed by atoms with Gasteiger partial charge in [-0.15, -0.1) is 0 Å². The largest absolute Gasteiger partial charge is 0.493 e. The van der Waals surface area contributed by atoms with Crippen LogP contribution < -0.4 is 24.4 Å². The number of nitrogens with zero attached hydrogens (tertiary/aromatic N) is 2. The topological polar surface area (TPSA) is 122 Å². The van der Waals surface area contributed by atoms with E-state index in [1.54, 1.807) is 18.2 Å². The molecule has 28 heavy (non-hydrogen) atoms. The molecule has 1 amide bonds. The van der Waals surface area contributed by atoms with E-state index in [2.05, 4.69) is 10.5 Å². The van der Waals surface area contributed by atoms with E-state index in [0.29, 0.717) is 22.8 Å². The standard InChI is InChI=1S/C18H19N3O7/c1-25-15-8-12(9-16(26-2)18(15)27-3)10-19-20-17(22)11-28-14-7-5-4-6-13(14)21(23)24/h4-10H,11H2,1-3H3,(H,20,22)/b19-10-. The van der Waals surface area contributed by atoms with E-state index < -0.39 is 17.4 Å². The average molecular weight is 389 g/mol. The average Bonchev–Trinajstić information content (AvgIpc) is 2.71. The molecule has 2 aromatic carbocycles. The number of amides is 1. The molecule has 0 fully saturated rings. The predicted molar refractivity (Wildman–Crippen MR) is 100 cm³/mol. The smallest absolute Gasteiger partial charge is 0.310 e. The Kier molecular flexibility index (Phi) is 7.14. The van der Waals surface area contributed by atoms with Gasteiger partial charge in [0.1, 0.15) is 0 Å². The maximum atomic E-state index is 11.8. The first kappa shape index (κ1) is 20.5. The Balaban J connectivity index is 1.99. The fourth-order valence-electron chi connectivity index (χ4n) is 2.26. The van der Waals surface area contributed by atoms with E-state index in [0.717, 1.165) is 0 Å². The van der Waals surface area contributed by atoms with Crippen molar-refractivity contribution in [1.82, 2.24) is 5.43 Å². The lowest BCUT2D eigenvalue weighted by molar-refractivity contribution is -0.385. The fraction of sp³-hybridized carbons (Fsp3) is 0.222. The Hall–Kier alpha value is -3.82. The number of ether oxygens (including phenoxy) is 4. The van der Waals surface area contributed by atoms with Crippen molar-refractivity contribution in [1.29, 1.82) is 0 Å². The molecule has 0 heterocycles. The Labute approximate surface area is 160 Å². The van der Waals surface area contributed by atoms with Crippen molar-refractivity contribution in [2.24, 2.45) is 5.10 Å². The van der Waals surface area contributed by atoms with Crippen LogP contribution in [0.3, 0.4) is 0 Å². The van der Waals surface area contributed by atoms with Gasteiger partial charge in [-0.3, -0.25) is 14.9 Å². The molecule has 1 N–H and O–H groups in total. The summed E-state index contributed by atoms with van der Waals surface area (Å²) >= 11 is 0. The number of benzene rings is 2. The SMILES string of the molecule is COc1cc(/C=N\NC(=O)COc2ccccc2[N+](=O)[O-])cc(OC)c1OC. The zero-order chi connectivity index (χ0) is 20.5. The van der Waals surface area contributed by atoms with Crippen molar-refractivity contribution in [2.45, 2.75) is 0 Å². The molecule has 0 radical (unpaired) electrons. The summed E-state index contributed by atoms with van der Waals surface area (Å²) in [5.74, 6) is 0.728. The third-order valence-corrected chi connectivity index (χ3v) is 3.51. The normalized spacial score (nSPS) is 10.4. The number of nitro benzene ring substituents is 1. The van der Waals surface area contributed by atoms with Crippen LogP contribution in [0.5, 0.6) is 23.0 Å². The van der Waals surface area contributed by atoms with Gasteiger partial charge in [0.15, 0.2) is 23.9 Å². The van der Waals surface area contributed by atoms with E-state index in [1.165, 1.54) is 45.7 Å². The van der Waals surface area contributed by atoms with Gasteiger partial charge in [-0.2, -0.15) is 5.10 Å². The quantitative estimate of drug-likeness (QED) is 0.396. The third-order valence-electron chi connectivity index (χ3n) is 3.51. The number of hydrogen-bond acceptors (Lipinski definition) is 8. The number of nitro groups is 1. The Morgan fingerprint density at radius 2 is 1.75 bits per heavy atom. The minimum atomic E-state index is -0.587. The zero-order valence-corrected chi connectivity index (χ0v) is 15.5. The second kappa shape index (κ2) is 9.76. The van der Waals surface area contributed by atoms with Crippen LogP contribution in [0.25, 0.3) is 0 Å². The molecule has 0 atom stereocenters. The van der Waals surface area contributed by atoms with Gasteiger partial charge in [-0.25, -0.2) is 5.43 Å². The van der Waals surface area contributed by atoms with E-state index in [-0.39, 0.29) is 11.4 Å². The van der Waals surface area contributed by atoms with Crippen molar-refractivity contribution < 1.29 is 28.7 Å². The molecule has 10 nitrogen and oxygen atoms in total. The molecule has 2 rings (SSSR count). The van der Waals surface area contributed by atoms with E-state index in [4.69, 9.17) is 18.9 Å². The maximum absolute atomic E-state index is 11.8. The second-order valence-electron chi connectivity index (χ2n) is 5.27. The predicted octanol–water partition coefficient (Wildman–Crippen LogP) is 2.15. The zero-order valence-electron chi connectivity index (χ0n) is 15.5. The Morgan fingerprint density at radius 3 is 2.32 bits per heavy atom. The van der Waals surface area contributed by atoms with Crippen molar-refractivity contribution in [3.63, 3.8) is 0 Å². The molecule has 0 saturated carbocycles. The van der Waals surface area contributed by atoms with E-state index >= 15 is 0 Å². The number of hydrazone groups is 1. The summed E-state index contributed by atoms with van der Waals surface area (Å²) in [6.07, 6.45) is 1.38. The molecule has 0 aromatic heterocycles. The van der Waals surface area contributed by atoms with Gasteiger partial charge in [0.2, 0.25) is 5.75 Å². The van der Waals surface area contributed by atoms with Crippen molar-refractivity contribution in [3.8, 4) is 23.0 Å². The number of carbonyl (C=O) groups is 1. The van der Waals surface area contributed by atoms with Crippen molar-refractivity contribution in [3.05, 3.63) is 52.1 Å².